The topological polar surface area (TPSA) is 61.4 Å². The maximum absolute atomic E-state index is 13.1. The van der Waals surface area contributed by atoms with Crippen molar-refractivity contribution in [1.82, 2.24) is 5.32 Å². The quantitative estimate of drug-likeness (QED) is 0.325. The molecule has 0 radical (unpaired) electrons. The number of nitrogens with one attached hydrogen (secondary N) is 2. The molecule has 0 unspecified atom stereocenters. The summed E-state index contributed by atoms with van der Waals surface area (Å²) < 4.78 is 13.1. The van der Waals surface area contributed by atoms with Gasteiger partial charge in [-0.2, -0.15) is 0 Å². The van der Waals surface area contributed by atoms with Crippen LogP contribution < -0.4 is 15.5 Å². The minimum Gasteiger partial charge on any atom is -0.377 e. The first-order valence-electron chi connectivity index (χ1n) is 12.1. The van der Waals surface area contributed by atoms with E-state index < -0.39 is 0 Å². The molecular weight excluding hydrogens is 441 g/mol. The number of benzene rings is 3. The molecule has 3 rings (SSSR count). The summed E-state index contributed by atoms with van der Waals surface area (Å²) in [6, 6.07) is 19.0. The summed E-state index contributed by atoms with van der Waals surface area (Å²) >= 11 is 0. The molecule has 35 heavy (non-hydrogen) atoms. The van der Waals surface area contributed by atoms with Crippen LogP contribution in [0.25, 0.3) is 0 Å². The highest BCUT2D eigenvalue weighted by atomic mass is 19.1. The van der Waals surface area contributed by atoms with Gasteiger partial charge in [-0.3, -0.25) is 9.59 Å². The third kappa shape index (κ3) is 7.67. The van der Waals surface area contributed by atoms with Gasteiger partial charge in [-0.1, -0.05) is 50.5 Å². The van der Waals surface area contributed by atoms with Gasteiger partial charge in [0, 0.05) is 37.6 Å². The van der Waals surface area contributed by atoms with E-state index in [-0.39, 0.29) is 24.2 Å². The molecule has 5 nitrogen and oxygen atoms in total. The maximum Gasteiger partial charge on any atom is 0.255 e. The van der Waals surface area contributed by atoms with Gasteiger partial charge in [0.25, 0.3) is 11.8 Å². The molecule has 3 aromatic carbocycles. The summed E-state index contributed by atoms with van der Waals surface area (Å²) in [5.74, 6) is -0.820. The Hall–Kier alpha value is -3.67. The van der Waals surface area contributed by atoms with E-state index in [0.717, 1.165) is 24.1 Å². The number of rotatable bonds is 11. The van der Waals surface area contributed by atoms with Crippen LogP contribution in [-0.2, 0) is 13.0 Å². The van der Waals surface area contributed by atoms with Gasteiger partial charge in [0.15, 0.2) is 0 Å². The van der Waals surface area contributed by atoms with E-state index >= 15 is 0 Å². The van der Waals surface area contributed by atoms with Crippen LogP contribution in [0.3, 0.4) is 0 Å². The smallest absolute Gasteiger partial charge is 0.255 e. The van der Waals surface area contributed by atoms with Crippen LogP contribution in [0.4, 0.5) is 15.8 Å². The van der Waals surface area contributed by atoms with Crippen molar-refractivity contribution in [3.63, 3.8) is 0 Å². The largest absolute Gasteiger partial charge is 0.377 e. The van der Waals surface area contributed by atoms with Crippen LogP contribution in [0, 0.1) is 5.82 Å². The van der Waals surface area contributed by atoms with Gasteiger partial charge in [-0.05, 0) is 66.4 Å². The Balaban J connectivity index is 1.67. The van der Waals surface area contributed by atoms with Gasteiger partial charge in [0.1, 0.15) is 5.82 Å². The number of anilines is 2. The molecule has 6 heteroatoms. The van der Waals surface area contributed by atoms with Gasteiger partial charge in [0.05, 0.1) is 5.56 Å². The molecule has 0 bridgehead atoms. The summed E-state index contributed by atoms with van der Waals surface area (Å²) in [6.45, 7) is 2.47. The second-order valence-electron chi connectivity index (χ2n) is 8.90. The number of halogens is 1. The number of carbonyl (C=O) groups is 2. The normalized spacial score (nSPS) is 10.6. The lowest BCUT2D eigenvalue weighted by atomic mass is 10.0. The molecule has 0 heterocycles. The second-order valence-corrected chi connectivity index (χ2v) is 8.90. The first-order chi connectivity index (χ1) is 16.9. The molecule has 2 amide bonds. The van der Waals surface area contributed by atoms with Gasteiger partial charge >= 0.3 is 0 Å². The molecular formula is C29H34FN3O2. The minimum atomic E-state index is -0.319. The van der Waals surface area contributed by atoms with Crippen molar-refractivity contribution >= 4 is 23.2 Å². The SMILES string of the molecule is CCCCCCc1ccc(C(=O)Nc2ccc(N(C)C)c(C(=O)NCc3ccc(F)cc3)c2)cc1. The molecule has 0 spiro atoms. The fraction of sp³-hybridized carbons (Fsp3) is 0.310. The average molecular weight is 476 g/mol. The fourth-order valence-corrected chi connectivity index (χ4v) is 3.85. The zero-order valence-electron chi connectivity index (χ0n) is 20.7. The highest BCUT2D eigenvalue weighted by Crippen LogP contribution is 2.24. The zero-order valence-corrected chi connectivity index (χ0v) is 20.7. The van der Waals surface area contributed by atoms with Crippen molar-refractivity contribution < 1.29 is 14.0 Å². The second kappa shape index (κ2) is 12.7. The van der Waals surface area contributed by atoms with Crippen molar-refractivity contribution in [2.75, 3.05) is 24.3 Å². The molecule has 0 aliphatic carbocycles. The Morgan fingerprint density at radius 1 is 0.829 bits per heavy atom. The third-order valence-electron chi connectivity index (χ3n) is 5.88. The van der Waals surface area contributed by atoms with E-state index in [2.05, 4.69) is 17.6 Å². The van der Waals surface area contributed by atoms with Gasteiger partial charge in [-0.25, -0.2) is 4.39 Å². The molecule has 0 saturated heterocycles. The number of unbranched alkanes of at least 4 members (excludes halogenated alkanes) is 3. The van der Waals surface area contributed by atoms with Crippen LogP contribution in [0.1, 0.15) is 64.4 Å². The lowest BCUT2D eigenvalue weighted by Crippen LogP contribution is -2.25. The predicted octanol–water partition coefficient (Wildman–Crippen LogP) is 6.20. The van der Waals surface area contributed by atoms with E-state index in [1.807, 2.05) is 49.3 Å². The fourth-order valence-electron chi connectivity index (χ4n) is 3.85. The van der Waals surface area contributed by atoms with Gasteiger partial charge < -0.3 is 15.5 Å². The van der Waals surface area contributed by atoms with Crippen molar-refractivity contribution in [2.24, 2.45) is 0 Å². The van der Waals surface area contributed by atoms with Crippen LogP contribution in [0.5, 0.6) is 0 Å². The molecule has 0 aromatic heterocycles. The molecule has 2 N–H and O–H groups in total. The molecule has 0 atom stereocenters. The zero-order chi connectivity index (χ0) is 25.2. The molecule has 0 saturated carbocycles. The van der Waals surface area contributed by atoms with Crippen LogP contribution in [0.15, 0.2) is 66.7 Å². The number of amides is 2. The summed E-state index contributed by atoms with van der Waals surface area (Å²) in [5, 5.41) is 5.77. The number of carbonyl (C=O) groups excluding carboxylic acids is 2. The van der Waals surface area contributed by atoms with E-state index in [1.165, 1.54) is 37.0 Å². The van der Waals surface area contributed by atoms with Crippen molar-refractivity contribution in [2.45, 2.75) is 45.6 Å². The monoisotopic (exact) mass is 475 g/mol. The number of aryl methyl sites for hydroxylation is 1. The van der Waals surface area contributed by atoms with Crippen LogP contribution in [0.2, 0.25) is 0 Å². The Bertz CT molecular complexity index is 1130. The first kappa shape index (κ1) is 25.9. The molecule has 3 aromatic rings. The van der Waals surface area contributed by atoms with Crippen molar-refractivity contribution in [3.05, 3.63) is 94.8 Å². The van der Waals surface area contributed by atoms with E-state index in [9.17, 15) is 14.0 Å². The minimum absolute atomic E-state index is 0.224. The Kier molecular flexibility index (Phi) is 9.41. The molecule has 184 valence electrons. The van der Waals surface area contributed by atoms with E-state index in [1.54, 1.807) is 24.3 Å². The standard InChI is InChI=1S/C29H34FN3O2/c1-4-5-6-7-8-21-9-13-23(14-10-21)28(34)32-25-17-18-27(33(2)3)26(19-25)29(35)31-20-22-11-15-24(30)16-12-22/h9-19H,4-8,20H2,1-3H3,(H,31,35)(H,32,34). The number of hydrogen-bond donors (Lipinski definition) is 2. The predicted molar refractivity (Wildman–Crippen MR) is 141 cm³/mol. The lowest BCUT2D eigenvalue weighted by Gasteiger charge is -2.18. The van der Waals surface area contributed by atoms with Crippen molar-refractivity contribution in [1.29, 1.82) is 0 Å². The lowest BCUT2D eigenvalue weighted by molar-refractivity contribution is 0.0950. The Morgan fingerprint density at radius 2 is 1.51 bits per heavy atom. The van der Waals surface area contributed by atoms with Crippen LogP contribution >= 0.6 is 0 Å². The highest BCUT2D eigenvalue weighted by molar-refractivity contribution is 6.06. The van der Waals surface area contributed by atoms with Crippen LogP contribution in [-0.4, -0.2) is 25.9 Å². The molecule has 0 aliphatic rings. The van der Waals surface area contributed by atoms with Crippen molar-refractivity contribution in [3.8, 4) is 0 Å². The summed E-state index contributed by atoms with van der Waals surface area (Å²) in [6.07, 6.45) is 5.86. The summed E-state index contributed by atoms with van der Waals surface area (Å²) in [5.41, 5.74) is 4.30. The Morgan fingerprint density at radius 3 is 2.17 bits per heavy atom. The Labute approximate surface area is 207 Å². The molecule has 0 fully saturated rings. The highest BCUT2D eigenvalue weighted by Gasteiger charge is 2.15. The number of nitrogens with zero attached hydrogens (tertiary/aromatic N) is 1. The summed E-state index contributed by atoms with van der Waals surface area (Å²) in [4.78, 5) is 27.6. The molecule has 0 aliphatic heterocycles. The average Bonchev–Trinajstić information content (AvgIpc) is 2.86. The van der Waals surface area contributed by atoms with E-state index in [0.29, 0.717) is 16.8 Å². The third-order valence-corrected chi connectivity index (χ3v) is 5.88. The van der Waals surface area contributed by atoms with Gasteiger partial charge in [0.2, 0.25) is 0 Å². The van der Waals surface area contributed by atoms with E-state index in [4.69, 9.17) is 0 Å². The number of hydrogen-bond acceptors (Lipinski definition) is 3. The maximum atomic E-state index is 13.1. The first-order valence-corrected chi connectivity index (χ1v) is 12.1. The summed E-state index contributed by atoms with van der Waals surface area (Å²) in [7, 11) is 3.71. The van der Waals surface area contributed by atoms with Gasteiger partial charge in [-0.15, -0.1) is 0 Å².